The van der Waals surface area contributed by atoms with Gasteiger partial charge in [0.2, 0.25) is 17.8 Å². The molecular weight excluding hydrogens is 328 g/mol. The fourth-order valence-electron chi connectivity index (χ4n) is 2.20. The molecule has 8 heteroatoms. The summed E-state index contributed by atoms with van der Waals surface area (Å²) in [4.78, 5) is 12.2. The fourth-order valence-corrected chi connectivity index (χ4v) is 2.20. The molecule has 0 amide bonds. The molecule has 0 aliphatic heterocycles. The van der Waals surface area contributed by atoms with E-state index in [1.807, 2.05) is 37.3 Å². The second kappa shape index (κ2) is 8.52. The number of nitrogens with one attached hydrogen (secondary N) is 2. The van der Waals surface area contributed by atoms with Crippen molar-refractivity contribution < 1.29 is 0 Å². The molecule has 132 valence electrons. The summed E-state index contributed by atoms with van der Waals surface area (Å²) in [6.45, 7) is 2.03. The van der Waals surface area contributed by atoms with Crippen LogP contribution in [0.4, 0.5) is 17.8 Å². The first-order chi connectivity index (χ1) is 12.7. The lowest BCUT2D eigenvalue weighted by Crippen LogP contribution is -2.06. The molecule has 0 radical (unpaired) electrons. The molecule has 1 aliphatic rings. The molecule has 0 spiro atoms. The quantitative estimate of drug-likeness (QED) is 0.546. The second-order valence-electron chi connectivity index (χ2n) is 5.68. The Hall–Kier alpha value is -3.55. The number of aromatic nitrogens is 3. The van der Waals surface area contributed by atoms with Gasteiger partial charge < -0.3 is 5.73 Å². The van der Waals surface area contributed by atoms with Gasteiger partial charge in [0.05, 0.1) is 12.4 Å². The highest BCUT2D eigenvalue weighted by molar-refractivity contribution is 5.83. The molecule has 4 N–H and O–H groups in total. The Morgan fingerprint density at radius 2 is 1.65 bits per heavy atom. The van der Waals surface area contributed by atoms with Gasteiger partial charge in [-0.05, 0) is 30.9 Å². The van der Waals surface area contributed by atoms with Gasteiger partial charge in [0, 0.05) is 0 Å². The maximum absolute atomic E-state index is 5.70. The smallest absolute Gasteiger partial charge is 0.250 e. The first kappa shape index (κ1) is 17.3. The minimum absolute atomic E-state index is 0.0718. The Balaban J connectivity index is 1.61. The summed E-state index contributed by atoms with van der Waals surface area (Å²) in [7, 11) is 0. The standard InChI is InChI=1S/C18H20N8/c1-13-7-9-15(10-8-13)12-21-26-18-23-16(19)22-17(24-18)25-20-11-14-5-3-2-4-6-14/h3,5-12H,2,4H2,1H3,(H4,19,22,23,24,25,26)/b20-11+,21-12+. The van der Waals surface area contributed by atoms with Crippen molar-refractivity contribution >= 4 is 30.3 Å². The fraction of sp³-hybridized carbons (Fsp3) is 0.167. The van der Waals surface area contributed by atoms with E-state index in [0.717, 1.165) is 24.0 Å². The molecule has 1 heterocycles. The number of nitrogen functional groups attached to an aromatic ring is 1. The first-order valence-electron chi connectivity index (χ1n) is 8.22. The van der Waals surface area contributed by atoms with Gasteiger partial charge in [0.15, 0.2) is 0 Å². The zero-order valence-electron chi connectivity index (χ0n) is 14.4. The molecule has 2 aromatic rings. The summed E-state index contributed by atoms with van der Waals surface area (Å²) in [6.07, 6.45) is 11.7. The van der Waals surface area contributed by atoms with E-state index in [4.69, 9.17) is 5.73 Å². The Kier molecular flexibility index (Phi) is 5.66. The van der Waals surface area contributed by atoms with Crippen molar-refractivity contribution in [3.05, 3.63) is 59.2 Å². The molecular formula is C18H20N8. The van der Waals surface area contributed by atoms with Gasteiger partial charge >= 0.3 is 0 Å². The molecule has 8 nitrogen and oxygen atoms in total. The second-order valence-corrected chi connectivity index (χ2v) is 5.68. The third-order valence-electron chi connectivity index (χ3n) is 3.51. The monoisotopic (exact) mass is 348 g/mol. The number of hydrogen-bond acceptors (Lipinski definition) is 8. The molecule has 3 rings (SSSR count). The predicted octanol–water partition coefficient (Wildman–Crippen LogP) is 2.88. The van der Waals surface area contributed by atoms with Gasteiger partial charge in [-0.3, -0.25) is 0 Å². The van der Waals surface area contributed by atoms with E-state index in [2.05, 4.69) is 48.2 Å². The lowest BCUT2D eigenvalue weighted by Gasteiger charge is -2.04. The zero-order valence-corrected chi connectivity index (χ0v) is 14.4. The van der Waals surface area contributed by atoms with Crippen molar-refractivity contribution in [2.75, 3.05) is 16.6 Å². The average molecular weight is 348 g/mol. The lowest BCUT2D eigenvalue weighted by atomic mass is 10.1. The minimum atomic E-state index is 0.0718. The third-order valence-corrected chi connectivity index (χ3v) is 3.51. The van der Waals surface area contributed by atoms with E-state index in [1.54, 1.807) is 12.4 Å². The van der Waals surface area contributed by atoms with Gasteiger partial charge in [-0.1, -0.05) is 48.1 Å². The van der Waals surface area contributed by atoms with Crippen LogP contribution in [0.15, 0.2) is 58.3 Å². The van der Waals surface area contributed by atoms with Gasteiger partial charge in [0.1, 0.15) is 0 Å². The minimum Gasteiger partial charge on any atom is -0.368 e. The van der Waals surface area contributed by atoms with Crippen molar-refractivity contribution in [3.63, 3.8) is 0 Å². The molecule has 0 saturated carbocycles. The SMILES string of the molecule is Cc1ccc(/C=N/Nc2nc(N)nc(N/N=C/C3=CCCC=C3)n2)cc1. The Morgan fingerprint density at radius 1 is 0.962 bits per heavy atom. The van der Waals surface area contributed by atoms with Crippen LogP contribution in [0, 0.1) is 6.92 Å². The largest absolute Gasteiger partial charge is 0.368 e. The number of hydrogen-bond donors (Lipinski definition) is 3. The van der Waals surface area contributed by atoms with Gasteiger partial charge in [0.25, 0.3) is 0 Å². The predicted molar refractivity (Wildman–Crippen MR) is 105 cm³/mol. The van der Waals surface area contributed by atoms with E-state index >= 15 is 0 Å². The van der Waals surface area contributed by atoms with Crippen LogP contribution >= 0.6 is 0 Å². The summed E-state index contributed by atoms with van der Waals surface area (Å²) in [5.74, 6) is 0.542. The van der Waals surface area contributed by atoms with Gasteiger partial charge in [-0.25, -0.2) is 10.9 Å². The first-order valence-corrected chi connectivity index (χ1v) is 8.22. The summed E-state index contributed by atoms with van der Waals surface area (Å²) in [5, 5.41) is 8.22. The van der Waals surface area contributed by atoms with Crippen LogP contribution in [0.2, 0.25) is 0 Å². The number of rotatable bonds is 6. The van der Waals surface area contributed by atoms with Crippen molar-refractivity contribution in [3.8, 4) is 0 Å². The molecule has 0 atom stereocenters. The molecule has 1 aromatic carbocycles. The Labute approximate surface area is 151 Å². The Bertz CT molecular complexity index is 865. The molecule has 1 aliphatic carbocycles. The van der Waals surface area contributed by atoms with Gasteiger partial charge in [-0.2, -0.15) is 25.2 Å². The molecule has 0 unspecified atom stereocenters. The molecule has 0 bridgehead atoms. The van der Waals surface area contributed by atoms with Crippen LogP contribution in [-0.4, -0.2) is 27.4 Å². The van der Waals surface area contributed by atoms with E-state index in [1.165, 1.54) is 5.56 Å². The number of nitrogens with zero attached hydrogens (tertiary/aromatic N) is 5. The highest BCUT2D eigenvalue weighted by atomic mass is 15.4. The van der Waals surface area contributed by atoms with E-state index in [0.29, 0.717) is 0 Å². The number of hydrazone groups is 2. The molecule has 26 heavy (non-hydrogen) atoms. The maximum atomic E-state index is 5.70. The van der Waals surface area contributed by atoms with Gasteiger partial charge in [-0.15, -0.1) is 0 Å². The summed E-state index contributed by atoms with van der Waals surface area (Å²) < 4.78 is 0. The van der Waals surface area contributed by atoms with Crippen LogP contribution in [0.3, 0.4) is 0 Å². The number of nitrogens with two attached hydrogens (primary N) is 1. The number of aryl methyl sites for hydroxylation is 1. The molecule has 0 fully saturated rings. The lowest BCUT2D eigenvalue weighted by molar-refractivity contribution is 1.02. The third kappa shape index (κ3) is 5.23. The molecule has 0 saturated heterocycles. The van der Waals surface area contributed by atoms with Crippen molar-refractivity contribution in [1.82, 2.24) is 15.0 Å². The normalized spacial score (nSPS) is 14.0. The average Bonchev–Trinajstić information content (AvgIpc) is 2.64. The van der Waals surface area contributed by atoms with Crippen molar-refractivity contribution in [2.24, 2.45) is 10.2 Å². The summed E-state index contributed by atoms with van der Waals surface area (Å²) in [6, 6.07) is 7.97. The van der Waals surface area contributed by atoms with Crippen molar-refractivity contribution in [2.45, 2.75) is 19.8 Å². The zero-order chi connectivity index (χ0) is 18.2. The van der Waals surface area contributed by atoms with Crippen LogP contribution in [0.1, 0.15) is 24.0 Å². The highest BCUT2D eigenvalue weighted by Crippen LogP contribution is 2.09. The Morgan fingerprint density at radius 3 is 2.31 bits per heavy atom. The van der Waals surface area contributed by atoms with E-state index in [-0.39, 0.29) is 17.8 Å². The molecule has 1 aromatic heterocycles. The van der Waals surface area contributed by atoms with Crippen LogP contribution in [0.5, 0.6) is 0 Å². The highest BCUT2D eigenvalue weighted by Gasteiger charge is 2.02. The number of allylic oxidation sites excluding steroid dienone is 4. The summed E-state index contributed by atoms with van der Waals surface area (Å²) in [5.41, 5.74) is 14.4. The topological polar surface area (TPSA) is 113 Å². The summed E-state index contributed by atoms with van der Waals surface area (Å²) >= 11 is 0. The number of anilines is 3. The van der Waals surface area contributed by atoms with Crippen molar-refractivity contribution in [1.29, 1.82) is 0 Å². The van der Waals surface area contributed by atoms with Crippen LogP contribution < -0.4 is 16.6 Å². The van der Waals surface area contributed by atoms with Crippen LogP contribution in [-0.2, 0) is 0 Å². The number of benzene rings is 1. The van der Waals surface area contributed by atoms with Crippen LogP contribution in [0.25, 0.3) is 0 Å². The van der Waals surface area contributed by atoms with E-state index < -0.39 is 0 Å². The maximum Gasteiger partial charge on any atom is 0.250 e. The van der Waals surface area contributed by atoms with E-state index in [9.17, 15) is 0 Å².